The molecule has 0 amide bonds. The molecule has 5 nitrogen and oxygen atoms in total. The zero-order chi connectivity index (χ0) is 20.1. The van der Waals surface area contributed by atoms with Crippen molar-refractivity contribution in [3.8, 4) is 21.9 Å². The quantitative estimate of drug-likeness (QED) is 0.450. The number of carbonyl (C=O) groups excluding carboxylic acids is 1. The van der Waals surface area contributed by atoms with Gasteiger partial charge < -0.3 is 14.6 Å². The predicted octanol–water partition coefficient (Wildman–Crippen LogP) is 5.03. The fraction of sp³-hybridized carbons (Fsp3) is 0.0909. The highest BCUT2D eigenvalue weighted by Crippen LogP contribution is 2.40. The number of ketones is 1. The van der Waals surface area contributed by atoms with Crippen molar-refractivity contribution in [3.63, 3.8) is 0 Å². The summed E-state index contributed by atoms with van der Waals surface area (Å²) in [5.41, 5.74) is 2.07. The van der Waals surface area contributed by atoms with Crippen LogP contribution in [-0.4, -0.2) is 31.1 Å². The molecule has 3 aromatic rings. The molecule has 0 radical (unpaired) electrons. The minimum absolute atomic E-state index is 0.190. The summed E-state index contributed by atoms with van der Waals surface area (Å²) in [6.07, 6.45) is 3.05. The molecule has 2 aromatic carbocycles. The zero-order valence-corrected chi connectivity index (χ0v) is 16.2. The van der Waals surface area contributed by atoms with Gasteiger partial charge in [-0.05, 0) is 47.4 Å². The molecule has 0 bridgehead atoms. The molecule has 0 unspecified atom stereocenters. The molecule has 1 heterocycles. The fourth-order valence-electron chi connectivity index (χ4n) is 2.80. The van der Waals surface area contributed by atoms with Crippen LogP contribution in [0.2, 0.25) is 0 Å². The number of rotatable bonds is 7. The van der Waals surface area contributed by atoms with Crippen LogP contribution in [0.3, 0.4) is 0 Å². The van der Waals surface area contributed by atoms with Gasteiger partial charge in [0.05, 0.1) is 19.8 Å². The van der Waals surface area contributed by atoms with Gasteiger partial charge in [0, 0.05) is 10.4 Å². The Labute approximate surface area is 166 Å². The minimum atomic E-state index is -0.994. The third kappa shape index (κ3) is 3.97. The summed E-state index contributed by atoms with van der Waals surface area (Å²) in [6, 6.07) is 13.8. The highest BCUT2D eigenvalue weighted by Gasteiger charge is 2.21. The molecule has 0 aliphatic rings. The van der Waals surface area contributed by atoms with Crippen LogP contribution >= 0.6 is 11.3 Å². The number of methoxy groups -OCH3 is 2. The summed E-state index contributed by atoms with van der Waals surface area (Å²) in [7, 11) is 3.03. The van der Waals surface area contributed by atoms with E-state index in [9.17, 15) is 9.59 Å². The van der Waals surface area contributed by atoms with Gasteiger partial charge in [-0.15, -0.1) is 11.3 Å². The van der Waals surface area contributed by atoms with E-state index in [1.807, 2.05) is 23.6 Å². The predicted molar refractivity (Wildman–Crippen MR) is 110 cm³/mol. The lowest BCUT2D eigenvalue weighted by Crippen LogP contribution is -2.04. The Balaban J connectivity index is 1.98. The lowest BCUT2D eigenvalue weighted by atomic mass is 10.0. The number of benzene rings is 2. The van der Waals surface area contributed by atoms with Crippen molar-refractivity contribution < 1.29 is 24.2 Å². The number of thiophene rings is 1. The molecule has 0 atom stereocenters. The summed E-state index contributed by atoms with van der Waals surface area (Å²) < 4.78 is 10.9. The average Bonchev–Trinajstić information content (AvgIpc) is 3.25. The number of hydrogen-bond donors (Lipinski definition) is 1. The van der Waals surface area contributed by atoms with Gasteiger partial charge in [-0.3, -0.25) is 4.79 Å². The van der Waals surface area contributed by atoms with Crippen molar-refractivity contribution in [3.05, 3.63) is 76.7 Å². The number of carbonyl (C=O) groups is 2. The molecule has 142 valence electrons. The molecule has 28 heavy (non-hydrogen) atoms. The van der Waals surface area contributed by atoms with E-state index in [0.717, 1.165) is 10.4 Å². The van der Waals surface area contributed by atoms with Gasteiger partial charge in [0.15, 0.2) is 5.78 Å². The van der Waals surface area contributed by atoms with Crippen molar-refractivity contribution in [2.45, 2.75) is 0 Å². The maximum Gasteiger partial charge on any atom is 0.335 e. The van der Waals surface area contributed by atoms with Crippen LogP contribution in [0.1, 0.15) is 26.3 Å². The number of aromatic carboxylic acids is 1. The highest BCUT2D eigenvalue weighted by atomic mass is 32.1. The topological polar surface area (TPSA) is 72.8 Å². The largest absolute Gasteiger partial charge is 0.496 e. The third-order valence-electron chi connectivity index (χ3n) is 4.16. The van der Waals surface area contributed by atoms with Gasteiger partial charge in [0.25, 0.3) is 0 Å². The summed E-state index contributed by atoms with van der Waals surface area (Å²) in [4.78, 5) is 24.9. The first kappa shape index (κ1) is 19.4. The lowest BCUT2D eigenvalue weighted by molar-refractivity contribution is 0.0696. The minimum Gasteiger partial charge on any atom is -0.496 e. The number of ether oxygens (including phenoxy) is 2. The second-order valence-corrected chi connectivity index (χ2v) is 6.77. The van der Waals surface area contributed by atoms with Crippen LogP contribution in [0, 0.1) is 0 Å². The van der Waals surface area contributed by atoms with E-state index >= 15 is 0 Å². The molecule has 1 N–H and O–H groups in total. The second kappa shape index (κ2) is 8.54. The summed E-state index contributed by atoms with van der Waals surface area (Å²) in [5.74, 6) is -0.383. The van der Waals surface area contributed by atoms with Crippen molar-refractivity contribution >= 4 is 29.2 Å². The fourth-order valence-corrected chi connectivity index (χ4v) is 3.55. The molecule has 3 rings (SSSR count). The summed E-state index contributed by atoms with van der Waals surface area (Å²) >= 11 is 1.56. The molecule has 0 saturated heterocycles. The van der Waals surface area contributed by atoms with E-state index in [-0.39, 0.29) is 11.3 Å². The molecule has 0 saturated carbocycles. The second-order valence-electron chi connectivity index (χ2n) is 5.83. The van der Waals surface area contributed by atoms with Crippen molar-refractivity contribution in [1.29, 1.82) is 0 Å². The van der Waals surface area contributed by atoms with Gasteiger partial charge in [-0.2, -0.15) is 0 Å². The molecular formula is C22H18O5S. The molecule has 0 aliphatic heterocycles. The Bertz CT molecular complexity index is 1020. The molecule has 0 aliphatic carbocycles. The normalized spacial score (nSPS) is 10.8. The first-order valence-corrected chi connectivity index (χ1v) is 9.27. The van der Waals surface area contributed by atoms with Crippen molar-refractivity contribution in [2.75, 3.05) is 14.2 Å². The molecule has 1 aromatic heterocycles. The number of hydrogen-bond acceptors (Lipinski definition) is 5. The Kier molecular flexibility index (Phi) is 5.91. The van der Waals surface area contributed by atoms with Gasteiger partial charge >= 0.3 is 5.97 Å². The van der Waals surface area contributed by atoms with Crippen molar-refractivity contribution in [2.24, 2.45) is 0 Å². The van der Waals surface area contributed by atoms with Crippen LogP contribution < -0.4 is 9.47 Å². The van der Waals surface area contributed by atoms with E-state index in [1.165, 1.54) is 32.4 Å². The third-order valence-corrected chi connectivity index (χ3v) is 5.06. The molecular weight excluding hydrogens is 376 g/mol. The van der Waals surface area contributed by atoms with Gasteiger partial charge in [-0.1, -0.05) is 24.3 Å². The smallest absolute Gasteiger partial charge is 0.335 e. The maximum absolute atomic E-state index is 12.9. The zero-order valence-electron chi connectivity index (χ0n) is 15.3. The van der Waals surface area contributed by atoms with E-state index in [2.05, 4.69) is 0 Å². The summed E-state index contributed by atoms with van der Waals surface area (Å²) in [5, 5.41) is 10.9. The lowest BCUT2D eigenvalue weighted by Gasteiger charge is -2.14. The Morgan fingerprint density at radius 3 is 2.32 bits per heavy atom. The van der Waals surface area contributed by atoms with E-state index in [0.29, 0.717) is 22.6 Å². The highest BCUT2D eigenvalue weighted by molar-refractivity contribution is 7.13. The van der Waals surface area contributed by atoms with Gasteiger partial charge in [-0.25, -0.2) is 4.79 Å². The number of carboxylic acids is 1. The standard InChI is InChI=1S/C22H18O5S/c1-26-18-12-10-16(19-4-3-13-28-19)21(27-2)20(18)17(23)11-7-14-5-8-15(9-6-14)22(24)25/h3-13H,1-2H3,(H,24,25). The Hall–Kier alpha value is -3.38. The van der Waals surface area contributed by atoms with E-state index in [1.54, 1.807) is 35.6 Å². The first-order valence-electron chi connectivity index (χ1n) is 8.39. The average molecular weight is 394 g/mol. The summed E-state index contributed by atoms with van der Waals surface area (Å²) in [6.45, 7) is 0. The molecule has 0 spiro atoms. The molecule has 0 fully saturated rings. The SMILES string of the molecule is COc1ccc(-c2cccs2)c(OC)c1C(=O)C=Cc1ccc(C(=O)O)cc1. The maximum atomic E-state index is 12.9. The van der Waals surface area contributed by atoms with Crippen LogP contribution in [0.5, 0.6) is 11.5 Å². The van der Waals surface area contributed by atoms with Crippen LogP contribution in [-0.2, 0) is 0 Å². The monoisotopic (exact) mass is 394 g/mol. The van der Waals surface area contributed by atoms with Crippen LogP contribution in [0.25, 0.3) is 16.5 Å². The van der Waals surface area contributed by atoms with Crippen molar-refractivity contribution in [1.82, 2.24) is 0 Å². The first-order chi connectivity index (χ1) is 13.5. The number of carboxylic acid groups (broad SMARTS) is 1. The number of allylic oxidation sites excluding steroid dienone is 1. The van der Waals surface area contributed by atoms with Gasteiger partial charge in [0.1, 0.15) is 17.1 Å². The Morgan fingerprint density at radius 2 is 1.75 bits per heavy atom. The van der Waals surface area contributed by atoms with Crippen LogP contribution in [0.15, 0.2) is 60.0 Å². The van der Waals surface area contributed by atoms with E-state index < -0.39 is 5.97 Å². The molecule has 6 heteroatoms. The van der Waals surface area contributed by atoms with E-state index in [4.69, 9.17) is 14.6 Å². The van der Waals surface area contributed by atoms with Gasteiger partial charge in [0.2, 0.25) is 0 Å². The Morgan fingerprint density at radius 1 is 1.00 bits per heavy atom. The van der Waals surface area contributed by atoms with Crippen LogP contribution in [0.4, 0.5) is 0 Å².